The third-order valence-corrected chi connectivity index (χ3v) is 3.47. The maximum Gasteiger partial charge on any atom is 0.360 e. The van der Waals surface area contributed by atoms with Crippen molar-refractivity contribution in [3.05, 3.63) is 55.9 Å². The van der Waals surface area contributed by atoms with E-state index >= 15 is 0 Å². The van der Waals surface area contributed by atoms with Crippen LogP contribution in [0.15, 0.2) is 33.7 Å². The van der Waals surface area contributed by atoms with Crippen LogP contribution >= 0.6 is 15.9 Å². The molecule has 0 radical (unpaired) electrons. The third-order valence-electron chi connectivity index (χ3n) is 2.98. The van der Waals surface area contributed by atoms with Crippen LogP contribution in [0.25, 0.3) is 5.69 Å². The largest absolute Gasteiger partial charge is 0.476 e. The Morgan fingerprint density at radius 2 is 2.15 bits per heavy atom. The molecule has 1 N–H and O–H groups in total. The highest BCUT2D eigenvalue weighted by Crippen LogP contribution is 2.18. The van der Waals surface area contributed by atoms with Crippen molar-refractivity contribution >= 4 is 21.9 Å². The molecule has 2 aromatic rings. The van der Waals surface area contributed by atoms with Crippen LogP contribution in [0, 0.1) is 6.92 Å². The van der Waals surface area contributed by atoms with E-state index in [9.17, 15) is 9.59 Å². The summed E-state index contributed by atoms with van der Waals surface area (Å²) < 4.78 is 2.37. The lowest BCUT2D eigenvalue weighted by atomic mass is 10.1. The average molecular weight is 337 g/mol. The van der Waals surface area contributed by atoms with Gasteiger partial charge in [0.05, 0.1) is 5.69 Å². The van der Waals surface area contributed by atoms with Gasteiger partial charge >= 0.3 is 5.97 Å². The fourth-order valence-corrected chi connectivity index (χ4v) is 2.41. The number of aryl methyl sites for hydroxylation is 2. The molecule has 2 rings (SSSR count). The molecular formula is C14H13BrN2O3. The monoisotopic (exact) mass is 336 g/mol. The fraction of sp³-hybridized carbons (Fsp3) is 0.214. The second kappa shape index (κ2) is 5.58. The van der Waals surface area contributed by atoms with Crippen LogP contribution in [0.5, 0.6) is 0 Å². The van der Waals surface area contributed by atoms with Gasteiger partial charge in [-0.1, -0.05) is 22.9 Å². The number of halogens is 1. The van der Waals surface area contributed by atoms with Gasteiger partial charge in [0.2, 0.25) is 11.1 Å². The van der Waals surface area contributed by atoms with Crippen molar-refractivity contribution in [3.63, 3.8) is 0 Å². The lowest BCUT2D eigenvalue weighted by Crippen LogP contribution is -2.24. The molecule has 5 nitrogen and oxygen atoms in total. The number of aromatic carboxylic acids is 1. The second-order valence-electron chi connectivity index (χ2n) is 4.37. The molecule has 0 aliphatic rings. The highest BCUT2D eigenvalue weighted by molar-refractivity contribution is 9.10. The number of rotatable bonds is 3. The van der Waals surface area contributed by atoms with Crippen LogP contribution in [-0.2, 0) is 6.42 Å². The summed E-state index contributed by atoms with van der Waals surface area (Å²) in [5.41, 5.74) is 1.12. The number of aromatic nitrogens is 2. The quantitative estimate of drug-likeness (QED) is 0.934. The van der Waals surface area contributed by atoms with Crippen LogP contribution in [0.1, 0.15) is 28.5 Å². The predicted molar refractivity (Wildman–Crippen MR) is 78.6 cm³/mol. The average Bonchev–Trinajstić information content (AvgIpc) is 2.39. The zero-order valence-electron chi connectivity index (χ0n) is 11.1. The Balaban J connectivity index is 2.71. The molecule has 1 heterocycles. The summed E-state index contributed by atoms with van der Waals surface area (Å²) in [4.78, 5) is 23.0. The minimum absolute atomic E-state index is 0.430. The first-order chi connectivity index (χ1) is 9.43. The molecule has 20 heavy (non-hydrogen) atoms. The number of carbonyl (C=O) groups is 1. The third kappa shape index (κ3) is 2.65. The molecule has 0 fully saturated rings. The van der Waals surface area contributed by atoms with Gasteiger partial charge in [-0.15, -0.1) is 0 Å². The SMILES string of the molecule is CCc1cn(-c2ccc(Br)cc2C)nc(C(=O)O)c1=O. The molecule has 0 saturated carbocycles. The Bertz CT molecular complexity index is 738. The van der Waals surface area contributed by atoms with Gasteiger partial charge in [0.1, 0.15) is 0 Å². The molecule has 0 spiro atoms. The molecule has 1 aromatic carbocycles. The molecule has 0 atom stereocenters. The molecule has 6 heteroatoms. The number of nitrogens with zero attached hydrogens (tertiary/aromatic N) is 2. The second-order valence-corrected chi connectivity index (χ2v) is 5.28. The van der Waals surface area contributed by atoms with Crippen molar-refractivity contribution < 1.29 is 9.90 Å². The highest BCUT2D eigenvalue weighted by atomic mass is 79.9. The van der Waals surface area contributed by atoms with Gasteiger partial charge in [0.25, 0.3) is 0 Å². The Hall–Kier alpha value is -1.95. The first-order valence-corrected chi connectivity index (χ1v) is 6.86. The number of carboxylic acids is 1. The normalized spacial score (nSPS) is 10.6. The number of benzene rings is 1. The zero-order valence-corrected chi connectivity index (χ0v) is 12.6. The summed E-state index contributed by atoms with van der Waals surface area (Å²) in [6, 6.07) is 5.57. The number of carboxylic acid groups (broad SMARTS) is 1. The van der Waals surface area contributed by atoms with E-state index in [1.165, 1.54) is 4.68 Å². The van der Waals surface area contributed by atoms with Gasteiger partial charge in [0, 0.05) is 16.2 Å². The standard InChI is InChI=1S/C14H13BrN2O3/c1-3-9-7-17(16-12(13(9)18)14(19)20)11-5-4-10(15)6-8(11)2/h4-7H,3H2,1-2H3,(H,19,20). The van der Waals surface area contributed by atoms with E-state index in [1.54, 1.807) is 13.1 Å². The van der Waals surface area contributed by atoms with Crippen LogP contribution in [0.4, 0.5) is 0 Å². The maximum atomic E-state index is 11.9. The Kier molecular flexibility index (Phi) is 4.04. The Morgan fingerprint density at radius 3 is 2.70 bits per heavy atom. The van der Waals surface area contributed by atoms with E-state index in [4.69, 9.17) is 5.11 Å². The summed E-state index contributed by atoms with van der Waals surface area (Å²) >= 11 is 3.37. The van der Waals surface area contributed by atoms with Gasteiger partial charge < -0.3 is 5.11 Å². The zero-order chi connectivity index (χ0) is 14.9. The van der Waals surface area contributed by atoms with Gasteiger partial charge in [-0.2, -0.15) is 5.10 Å². The van der Waals surface area contributed by atoms with Gasteiger partial charge in [-0.25, -0.2) is 9.48 Å². The molecule has 104 valence electrons. The van der Waals surface area contributed by atoms with Crippen LogP contribution in [0.2, 0.25) is 0 Å². The predicted octanol–water partition coefficient (Wildman–Crippen LogP) is 2.56. The molecule has 0 amide bonds. The van der Waals surface area contributed by atoms with Crippen LogP contribution in [-0.4, -0.2) is 20.9 Å². The maximum absolute atomic E-state index is 11.9. The van der Waals surface area contributed by atoms with Gasteiger partial charge in [-0.05, 0) is 37.1 Å². The van der Waals surface area contributed by atoms with Gasteiger partial charge in [0.15, 0.2) is 0 Å². The highest BCUT2D eigenvalue weighted by Gasteiger charge is 2.16. The van der Waals surface area contributed by atoms with Crippen molar-refractivity contribution in [2.45, 2.75) is 20.3 Å². The van der Waals surface area contributed by atoms with E-state index < -0.39 is 17.1 Å². The van der Waals surface area contributed by atoms with Crippen molar-refractivity contribution in [2.24, 2.45) is 0 Å². The molecule has 1 aromatic heterocycles. The Labute approximate surface area is 124 Å². The van der Waals surface area contributed by atoms with Crippen molar-refractivity contribution in [2.75, 3.05) is 0 Å². The first kappa shape index (κ1) is 14.5. The number of hydrogen-bond donors (Lipinski definition) is 1. The summed E-state index contributed by atoms with van der Waals surface area (Å²) in [6.07, 6.45) is 2.04. The van der Waals surface area contributed by atoms with E-state index in [0.717, 1.165) is 15.7 Å². The summed E-state index contributed by atoms with van der Waals surface area (Å²) in [5.74, 6) is -1.31. The smallest absolute Gasteiger partial charge is 0.360 e. The lowest BCUT2D eigenvalue weighted by Gasteiger charge is -2.11. The topological polar surface area (TPSA) is 72.2 Å². The van der Waals surface area contributed by atoms with Crippen molar-refractivity contribution in [3.8, 4) is 5.69 Å². The lowest BCUT2D eigenvalue weighted by molar-refractivity contribution is 0.0686. The molecular weight excluding hydrogens is 324 g/mol. The van der Waals surface area contributed by atoms with E-state index in [2.05, 4.69) is 21.0 Å². The van der Waals surface area contributed by atoms with Crippen LogP contribution < -0.4 is 5.43 Å². The summed E-state index contributed by atoms with van der Waals surface area (Å²) in [7, 11) is 0. The van der Waals surface area contributed by atoms with E-state index in [-0.39, 0.29) is 0 Å². The Morgan fingerprint density at radius 1 is 1.45 bits per heavy atom. The minimum atomic E-state index is -1.31. The molecule has 0 bridgehead atoms. The van der Waals surface area contributed by atoms with Gasteiger partial charge in [-0.3, -0.25) is 4.79 Å². The number of hydrogen-bond acceptors (Lipinski definition) is 3. The van der Waals surface area contributed by atoms with Crippen LogP contribution in [0.3, 0.4) is 0 Å². The summed E-state index contributed by atoms with van der Waals surface area (Å²) in [5, 5.41) is 13.0. The molecule has 0 aliphatic heterocycles. The minimum Gasteiger partial charge on any atom is -0.476 e. The van der Waals surface area contributed by atoms with E-state index in [0.29, 0.717) is 12.0 Å². The van der Waals surface area contributed by atoms with Crippen molar-refractivity contribution in [1.82, 2.24) is 9.78 Å². The summed E-state index contributed by atoms with van der Waals surface area (Å²) in [6.45, 7) is 3.70. The first-order valence-electron chi connectivity index (χ1n) is 6.06. The van der Waals surface area contributed by atoms with Crippen molar-refractivity contribution in [1.29, 1.82) is 0 Å². The van der Waals surface area contributed by atoms with E-state index in [1.807, 2.05) is 25.1 Å². The molecule has 0 aliphatic carbocycles. The fourth-order valence-electron chi connectivity index (χ4n) is 1.93. The molecule has 0 unspecified atom stereocenters. The molecule has 0 saturated heterocycles.